The second kappa shape index (κ2) is 8.29. The summed E-state index contributed by atoms with van der Waals surface area (Å²) in [5.41, 5.74) is 1.20. The summed E-state index contributed by atoms with van der Waals surface area (Å²) in [6.07, 6.45) is -0.546. The molecule has 2 aromatic carbocycles. The molecular weight excluding hydrogens is 266 g/mol. The van der Waals surface area contributed by atoms with Crippen molar-refractivity contribution in [3.8, 4) is 11.5 Å². The van der Waals surface area contributed by atoms with E-state index in [0.717, 1.165) is 18.0 Å². The molecule has 0 aromatic heterocycles. The summed E-state index contributed by atoms with van der Waals surface area (Å²) in [4.78, 5) is 0. The summed E-state index contributed by atoms with van der Waals surface area (Å²) < 4.78 is 10.6. The molecule has 1 atom stereocenters. The van der Waals surface area contributed by atoms with Crippen LogP contribution in [0.5, 0.6) is 11.5 Å². The van der Waals surface area contributed by atoms with Crippen LogP contribution in [-0.2, 0) is 6.54 Å². The molecule has 0 spiro atoms. The van der Waals surface area contributed by atoms with Gasteiger partial charge < -0.3 is 19.9 Å². The standard InChI is InChI=1S/C17H21NO3/c1-20-16-7-9-17(10-8-16)21-13-15(19)12-18-11-14-5-3-2-4-6-14/h2-10,15,18-19H,11-13H2,1H3/t15-/m0/s1. The highest BCUT2D eigenvalue weighted by atomic mass is 16.5. The molecule has 2 N–H and O–H groups in total. The van der Waals surface area contributed by atoms with Gasteiger partial charge in [-0.3, -0.25) is 0 Å². The van der Waals surface area contributed by atoms with E-state index in [1.807, 2.05) is 54.6 Å². The minimum atomic E-state index is -0.546. The normalized spacial score (nSPS) is 11.9. The molecule has 0 aliphatic rings. The Morgan fingerprint density at radius 3 is 2.33 bits per heavy atom. The summed E-state index contributed by atoms with van der Waals surface area (Å²) in [6, 6.07) is 17.4. The number of nitrogens with one attached hydrogen (secondary N) is 1. The van der Waals surface area contributed by atoms with Crippen LogP contribution in [0.15, 0.2) is 54.6 Å². The van der Waals surface area contributed by atoms with Gasteiger partial charge in [-0.1, -0.05) is 30.3 Å². The summed E-state index contributed by atoms with van der Waals surface area (Å²) in [6.45, 7) is 1.49. The van der Waals surface area contributed by atoms with Gasteiger partial charge in [0, 0.05) is 13.1 Å². The Morgan fingerprint density at radius 2 is 1.67 bits per heavy atom. The number of ether oxygens (including phenoxy) is 2. The zero-order valence-corrected chi connectivity index (χ0v) is 12.2. The zero-order chi connectivity index (χ0) is 14.9. The molecule has 0 heterocycles. The topological polar surface area (TPSA) is 50.7 Å². The monoisotopic (exact) mass is 287 g/mol. The highest BCUT2D eigenvalue weighted by Gasteiger charge is 2.05. The van der Waals surface area contributed by atoms with Crippen LogP contribution in [0.4, 0.5) is 0 Å². The summed E-state index contributed by atoms with van der Waals surface area (Å²) in [5, 5.41) is 13.1. The van der Waals surface area contributed by atoms with E-state index in [4.69, 9.17) is 9.47 Å². The fraction of sp³-hybridized carbons (Fsp3) is 0.294. The van der Waals surface area contributed by atoms with Crippen LogP contribution >= 0.6 is 0 Å². The fourth-order valence-corrected chi connectivity index (χ4v) is 1.90. The third kappa shape index (κ3) is 5.45. The first-order valence-corrected chi connectivity index (χ1v) is 6.97. The highest BCUT2D eigenvalue weighted by Crippen LogP contribution is 2.16. The number of aliphatic hydroxyl groups excluding tert-OH is 1. The third-order valence-electron chi connectivity index (χ3n) is 3.05. The number of rotatable bonds is 8. The van der Waals surface area contributed by atoms with Gasteiger partial charge in [0.05, 0.1) is 7.11 Å². The Hall–Kier alpha value is -2.04. The molecule has 0 aliphatic carbocycles. The van der Waals surface area contributed by atoms with Gasteiger partial charge in [0.15, 0.2) is 0 Å². The van der Waals surface area contributed by atoms with Gasteiger partial charge in [0.25, 0.3) is 0 Å². The van der Waals surface area contributed by atoms with Crippen LogP contribution in [-0.4, -0.2) is 31.5 Å². The Morgan fingerprint density at radius 1 is 1.00 bits per heavy atom. The van der Waals surface area contributed by atoms with E-state index in [0.29, 0.717) is 6.54 Å². The maximum atomic E-state index is 9.88. The molecule has 2 rings (SSSR count). The Labute approximate surface area is 125 Å². The molecule has 4 heteroatoms. The zero-order valence-electron chi connectivity index (χ0n) is 12.2. The van der Waals surface area contributed by atoms with E-state index in [1.54, 1.807) is 7.11 Å². The summed E-state index contributed by atoms with van der Waals surface area (Å²) >= 11 is 0. The van der Waals surface area contributed by atoms with E-state index in [1.165, 1.54) is 5.56 Å². The summed E-state index contributed by atoms with van der Waals surface area (Å²) in [7, 11) is 1.62. The number of benzene rings is 2. The lowest BCUT2D eigenvalue weighted by Crippen LogP contribution is -2.31. The molecule has 0 amide bonds. The quantitative estimate of drug-likeness (QED) is 0.781. The predicted molar refractivity (Wildman–Crippen MR) is 82.6 cm³/mol. The lowest BCUT2D eigenvalue weighted by atomic mass is 10.2. The SMILES string of the molecule is COc1ccc(OC[C@@H](O)CNCc2ccccc2)cc1. The lowest BCUT2D eigenvalue weighted by molar-refractivity contribution is 0.106. The van der Waals surface area contributed by atoms with Crippen molar-refractivity contribution in [1.29, 1.82) is 0 Å². The molecule has 0 aliphatic heterocycles. The van der Waals surface area contributed by atoms with Gasteiger partial charge in [0.1, 0.15) is 24.2 Å². The van der Waals surface area contributed by atoms with Crippen LogP contribution in [0.3, 0.4) is 0 Å². The van der Waals surface area contributed by atoms with Gasteiger partial charge in [-0.2, -0.15) is 0 Å². The Kier molecular flexibility index (Phi) is 6.06. The Balaban J connectivity index is 1.66. The second-order valence-corrected chi connectivity index (χ2v) is 4.76. The van der Waals surface area contributed by atoms with E-state index in [9.17, 15) is 5.11 Å². The van der Waals surface area contributed by atoms with E-state index < -0.39 is 6.10 Å². The molecule has 0 radical (unpaired) electrons. The molecule has 0 unspecified atom stereocenters. The van der Waals surface area contributed by atoms with Crippen LogP contribution in [0, 0.1) is 0 Å². The van der Waals surface area contributed by atoms with Crippen molar-refractivity contribution in [3.63, 3.8) is 0 Å². The fourth-order valence-electron chi connectivity index (χ4n) is 1.90. The van der Waals surface area contributed by atoms with Crippen LogP contribution in [0.2, 0.25) is 0 Å². The van der Waals surface area contributed by atoms with Crippen molar-refractivity contribution in [1.82, 2.24) is 5.32 Å². The van der Waals surface area contributed by atoms with Crippen molar-refractivity contribution >= 4 is 0 Å². The van der Waals surface area contributed by atoms with Crippen molar-refractivity contribution in [2.75, 3.05) is 20.3 Å². The molecule has 0 bridgehead atoms. The van der Waals surface area contributed by atoms with Gasteiger partial charge in [0.2, 0.25) is 0 Å². The molecule has 4 nitrogen and oxygen atoms in total. The second-order valence-electron chi connectivity index (χ2n) is 4.76. The van der Waals surface area contributed by atoms with Gasteiger partial charge in [-0.05, 0) is 29.8 Å². The van der Waals surface area contributed by atoms with Crippen LogP contribution in [0.1, 0.15) is 5.56 Å². The number of hydrogen-bond donors (Lipinski definition) is 2. The summed E-state index contributed by atoms with van der Waals surface area (Å²) in [5.74, 6) is 1.50. The highest BCUT2D eigenvalue weighted by molar-refractivity contribution is 5.31. The average Bonchev–Trinajstić information content (AvgIpc) is 2.54. The van der Waals surface area contributed by atoms with Gasteiger partial charge in [-0.25, -0.2) is 0 Å². The van der Waals surface area contributed by atoms with Gasteiger partial charge in [-0.15, -0.1) is 0 Å². The molecule has 112 valence electrons. The molecule has 2 aromatic rings. The largest absolute Gasteiger partial charge is 0.497 e. The first-order chi connectivity index (χ1) is 10.3. The maximum Gasteiger partial charge on any atom is 0.119 e. The smallest absolute Gasteiger partial charge is 0.119 e. The number of methoxy groups -OCH3 is 1. The van der Waals surface area contributed by atoms with E-state index in [2.05, 4.69) is 5.32 Å². The number of aliphatic hydroxyl groups is 1. The molecule has 0 saturated carbocycles. The third-order valence-corrected chi connectivity index (χ3v) is 3.05. The van der Waals surface area contributed by atoms with Gasteiger partial charge >= 0.3 is 0 Å². The van der Waals surface area contributed by atoms with Crippen molar-refractivity contribution < 1.29 is 14.6 Å². The number of hydrogen-bond acceptors (Lipinski definition) is 4. The lowest BCUT2D eigenvalue weighted by Gasteiger charge is -2.13. The first-order valence-electron chi connectivity index (χ1n) is 6.97. The van der Waals surface area contributed by atoms with Crippen molar-refractivity contribution in [2.24, 2.45) is 0 Å². The van der Waals surface area contributed by atoms with Crippen LogP contribution < -0.4 is 14.8 Å². The maximum absolute atomic E-state index is 9.88. The van der Waals surface area contributed by atoms with Crippen LogP contribution in [0.25, 0.3) is 0 Å². The minimum Gasteiger partial charge on any atom is -0.497 e. The molecule has 21 heavy (non-hydrogen) atoms. The predicted octanol–water partition coefficient (Wildman–Crippen LogP) is 2.22. The average molecular weight is 287 g/mol. The Bertz CT molecular complexity index is 513. The van der Waals surface area contributed by atoms with E-state index in [-0.39, 0.29) is 6.61 Å². The molecule has 0 fully saturated rings. The first kappa shape index (κ1) is 15.4. The molecule has 0 saturated heterocycles. The van der Waals surface area contributed by atoms with Crippen molar-refractivity contribution in [2.45, 2.75) is 12.6 Å². The molecular formula is C17H21NO3. The van der Waals surface area contributed by atoms with E-state index >= 15 is 0 Å². The van der Waals surface area contributed by atoms with Crippen molar-refractivity contribution in [3.05, 3.63) is 60.2 Å². The minimum absolute atomic E-state index is 0.258.